The first kappa shape index (κ1) is 10.3. The molecule has 1 fully saturated rings. The maximum Gasteiger partial charge on any atom is 0.242 e. The van der Waals surface area contributed by atoms with Gasteiger partial charge in [-0.1, -0.05) is 30.9 Å². The molecular weight excluding hydrogens is 212 g/mol. The van der Waals surface area contributed by atoms with Gasteiger partial charge in [-0.2, -0.15) is 0 Å². The molecule has 3 heteroatoms. The molecule has 0 aromatic heterocycles. The van der Waals surface area contributed by atoms with Gasteiger partial charge in [0.2, 0.25) is 5.91 Å². The van der Waals surface area contributed by atoms with Gasteiger partial charge in [-0.15, -0.1) is 6.58 Å². The van der Waals surface area contributed by atoms with E-state index >= 15 is 0 Å². The van der Waals surface area contributed by atoms with E-state index < -0.39 is 0 Å². The molecule has 0 radical (unpaired) electrons. The van der Waals surface area contributed by atoms with E-state index in [1.54, 1.807) is 0 Å². The second-order valence-electron chi connectivity index (χ2n) is 4.40. The highest BCUT2D eigenvalue weighted by molar-refractivity contribution is 6.07. The summed E-state index contributed by atoms with van der Waals surface area (Å²) in [5.74, 6) is 0.142. The van der Waals surface area contributed by atoms with Crippen molar-refractivity contribution in [3.8, 4) is 0 Å². The first-order valence-corrected chi connectivity index (χ1v) is 5.69. The van der Waals surface area contributed by atoms with Gasteiger partial charge < -0.3 is 0 Å². The molecule has 2 aliphatic heterocycles. The van der Waals surface area contributed by atoms with Gasteiger partial charge >= 0.3 is 0 Å². The van der Waals surface area contributed by atoms with Crippen molar-refractivity contribution in [1.29, 1.82) is 0 Å². The number of para-hydroxylation sites is 1. The van der Waals surface area contributed by atoms with Gasteiger partial charge in [0.1, 0.15) is 6.17 Å². The summed E-state index contributed by atoms with van der Waals surface area (Å²) in [5, 5.41) is 0. The molecule has 2 aliphatic rings. The number of hydrogen-bond donors (Lipinski definition) is 0. The Bertz CT molecular complexity index is 521. The lowest BCUT2D eigenvalue weighted by atomic mass is 10.1. The molecule has 86 valence electrons. The highest BCUT2D eigenvalue weighted by Crippen LogP contribution is 2.43. The summed E-state index contributed by atoms with van der Waals surface area (Å²) in [6, 6.07) is 7.94. The Morgan fingerprint density at radius 2 is 2.18 bits per heavy atom. The number of anilines is 1. The number of nitrogens with zero attached hydrogens (tertiary/aromatic N) is 2. The molecule has 0 aliphatic carbocycles. The maximum absolute atomic E-state index is 12.1. The smallest absolute Gasteiger partial charge is 0.242 e. The van der Waals surface area contributed by atoms with Crippen LogP contribution in [0.15, 0.2) is 43.5 Å². The third kappa shape index (κ3) is 1.29. The minimum absolute atomic E-state index is 0.0158. The van der Waals surface area contributed by atoms with Crippen LogP contribution in [0.4, 0.5) is 5.69 Å². The van der Waals surface area contributed by atoms with Crippen LogP contribution in [-0.2, 0) is 4.79 Å². The molecule has 17 heavy (non-hydrogen) atoms. The number of rotatable bonds is 2. The number of amides is 1. The van der Waals surface area contributed by atoms with Crippen LogP contribution in [0, 0.1) is 0 Å². The Hall–Kier alpha value is -1.87. The van der Waals surface area contributed by atoms with E-state index in [-0.39, 0.29) is 12.1 Å². The standard InChI is InChI=1S/C14H14N2O/c1-3-8-15-9-13(17)16-12-7-5-4-6-11(12)10(2)14(15)16/h3-7,14H,1-2,8-9H2. The van der Waals surface area contributed by atoms with Gasteiger partial charge in [-0.05, 0) is 11.6 Å². The van der Waals surface area contributed by atoms with Crippen LogP contribution in [0.3, 0.4) is 0 Å². The highest BCUT2D eigenvalue weighted by Gasteiger charge is 2.45. The van der Waals surface area contributed by atoms with Crippen LogP contribution < -0.4 is 4.90 Å². The summed E-state index contributed by atoms with van der Waals surface area (Å²) < 4.78 is 0. The first-order valence-electron chi connectivity index (χ1n) is 5.69. The lowest BCUT2D eigenvalue weighted by Crippen LogP contribution is -2.36. The average Bonchev–Trinajstić information content (AvgIpc) is 2.80. The summed E-state index contributed by atoms with van der Waals surface area (Å²) >= 11 is 0. The van der Waals surface area contributed by atoms with Crippen LogP contribution in [0.2, 0.25) is 0 Å². The van der Waals surface area contributed by atoms with Gasteiger partial charge in [0.05, 0.1) is 12.2 Å². The molecule has 3 rings (SSSR count). The quantitative estimate of drug-likeness (QED) is 0.719. The average molecular weight is 226 g/mol. The first-order chi connectivity index (χ1) is 8.24. The number of fused-ring (bicyclic) bond motifs is 3. The number of carbonyl (C=O) groups is 1. The van der Waals surface area contributed by atoms with E-state index in [9.17, 15) is 4.79 Å². The van der Waals surface area contributed by atoms with Crippen molar-refractivity contribution >= 4 is 17.2 Å². The second kappa shape index (κ2) is 3.57. The van der Waals surface area contributed by atoms with E-state index in [0.29, 0.717) is 13.1 Å². The molecule has 3 nitrogen and oxygen atoms in total. The second-order valence-corrected chi connectivity index (χ2v) is 4.40. The van der Waals surface area contributed by atoms with E-state index in [4.69, 9.17) is 0 Å². The molecule has 0 saturated carbocycles. The van der Waals surface area contributed by atoms with Crippen LogP contribution in [0.25, 0.3) is 5.57 Å². The third-order valence-electron chi connectivity index (χ3n) is 3.38. The van der Waals surface area contributed by atoms with Gasteiger partial charge in [-0.25, -0.2) is 0 Å². The molecule has 2 heterocycles. The monoisotopic (exact) mass is 226 g/mol. The Kier molecular flexibility index (Phi) is 2.16. The Morgan fingerprint density at radius 3 is 2.94 bits per heavy atom. The number of benzene rings is 1. The zero-order chi connectivity index (χ0) is 12.0. The van der Waals surface area contributed by atoms with E-state index in [0.717, 1.165) is 16.8 Å². The molecule has 1 amide bonds. The fourth-order valence-electron chi connectivity index (χ4n) is 2.70. The van der Waals surface area contributed by atoms with Gasteiger partial charge in [0, 0.05) is 12.1 Å². The molecule has 0 spiro atoms. The maximum atomic E-state index is 12.1. The zero-order valence-electron chi connectivity index (χ0n) is 9.60. The van der Waals surface area contributed by atoms with E-state index in [2.05, 4.69) is 18.1 Å². The summed E-state index contributed by atoms with van der Waals surface area (Å²) in [4.78, 5) is 16.0. The van der Waals surface area contributed by atoms with Crippen LogP contribution in [-0.4, -0.2) is 30.1 Å². The van der Waals surface area contributed by atoms with Crippen LogP contribution in [0.1, 0.15) is 5.56 Å². The zero-order valence-corrected chi connectivity index (χ0v) is 9.60. The topological polar surface area (TPSA) is 23.6 Å². The van der Waals surface area contributed by atoms with Crippen molar-refractivity contribution in [1.82, 2.24) is 4.90 Å². The molecule has 1 aromatic carbocycles. The van der Waals surface area contributed by atoms with Crippen molar-refractivity contribution in [3.63, 3.8) is 0 Å². The SMILES string of the molecule is C=CCN1CC(=O)N2c3ccccc3C(=C)C12. The van der Waals surface area contributed by atoms with E-state index in [1.807, 2.05) is 35.2 Å². The molecule has 0 N–H and O–H groups in total. The summed E-state index contributed by atoms with van der Waals surface area (Å²) in [7, 11) is 0. The fraction of sp³-hybridized carbons (Fsp3) is 0.214. The molecule has 1 saturated heterocycles. The van der Waals surface area contributed by atoms with Crippen molar-refractivity contribution < 1.29 is 4.79 Å². The van der Waals surface area contributed by atoms with Gasteiger partial charge in [-0.3, -0.25) is 14.6 Å². The van der Waals surface area contributed by atoms with Gasteiger partial charge in [0.15, 0.2) is 0 Å². The predicted molar refractivity (Wildman–Crippen MR) is 68.5 cm³/mol. The highest BCUT2D eigenvalue weighted by atomic mass is 16.2. The largest absolute Gasteiger partial charge is 0.290 e. The van der Waals surface area contributed by atoms with E-state index in [1.165, 1.54) is 0 Å². The minimum atomic E-state index is -0.0158. The molecular formula is C14H14N2O. The number of hydrogen-bond acceptors (Lipinski definition) is 2. The summed E-state index contributed by atoms with van der Waals surface area (Å²) in [5.41, 5.74) is 3.08. The summed E-state index contributed by atoms with van der Waals surface area (Å²) in [6.45, 7) is 9.03. The predicted octanol–water partition coefficient (Wildman–Crippen LogP) is 1.87. The van der Waals surface area contributed by atoms with Gasteiger partial charge in [0.25, 0.3) is 0 Å². The molecule has 1 unspecified atom stereocenters. The fourth-order valence-corrected chi connectivity index (χ4v) is 2.70. The Balaban J connectivity index is 2.08. The normalized spacial score (nSPS) is 22.8. The lowest BCUT2D eigenvalue weighted by molar-refractivity contribution is -0.116. The Labute approximate surface area is 101 Å². The Morgan fingerprint density at radius 1 is 1.41 bits per heavy atom. The van der Waals surface area contributed by atoms with Crippen LogP contribution >= 0.6 is 0 Å². The minimum Gasteiger partial charge on any atom is -0.290 e. The van der Waals surface area contributed by atoms with Crippen molar-refractivity contribution in [2.45, 2.75) is 6.17 Å². The van der Waals surface area contributed by atoms with Crippen molar-refractivity contribution in [2.24, 2.45) is 0 Å². The molecule has 1 aromatic rings. The van der Waals surface area contributed by atoms with Crippen LogP contribution in [0.5, 0.6) is 0 Å². The van der Waals surface area contributed by atoms with Crippen molar-refractivity contribution in [3.05, 3.63) is 49.1 Å². The molecule has 1 atom stereocenters. The molecule has 0 bridgehead atoms. The van der Waals surface area contributed by atoms with Crippen molar-refractivity contribution in [2.75, 3.05) is 18.0 Å². The summed E-state index contributed by atoms with van der Waals surface area (Å²) in [6.07, 6.45) is 1.81. The third-order valence-corrected chi connectivity index (χ3v) is 3.38. The number of carbonyl (C=O) groups excluding carboxylic acids is 1. The lowest BCUT2D eigenvalue weighted by Gasteiger charge is -2.23.